The molecule has 14 heavy (non-hydrogen) atoms. The summed E-state index contributed by atoms with van der Waals surface area (Å²) in [4.78, 5) is 8.52. The first-order valence-electron chi connectivity index (χ1n) is 4.33. The van der Waals surface area contributed by atoms with Gasteiger partial charge in [0.2, 0.25) is 5.95 Å². The first-order chi connectivity index (χ1) is 6.90. The van der Waals surface area contributed by atoms with Crippen molar-refractivity contribution in [1.29, 1.82) is 0 Å². The molecule has 0 bridgehead atoms. The number of rotatable bonds is 4. The average Bonchev–Trinajstić information content (AvgIpc) is 2.65. The highest BCUT2D eigenvalue weighted by Crippen LogP contribution is 2.18. The van der Waals surface area contributed by atoms with E-state index in [0.29, 0.717) is 12.6 Å². The molecule has 0 aliphatic heterocycles. The Labute approximate surface area is 86.0 Å². The Morgan fingerprint density at radius 1 is 1.57 bits per heavy atom. The van der Waals surface area contributed by atoms with Crippen molar-refractivity contribution in [2.45, 2.75) is 0 Å². The molecule has 2 rings (SSSR count). The van der Waals surface area contributed by atoms with Gasteiger partial charge in [-0.1, -0.05) is 0 Å². The number of ether oxygens (including phenoxy) is 1. The van der Waals surface area contributed by atoms with Gasteiger partial charge in [0.25, 0.3) is 0 Å². The Morgan fingerprint density at radius 2 is 2.50 bits per heavy atom. The highest BCUT2D eigenvalue weighted by atomic mass is 32.1. The maximum atomic E-state index is 4.92. The van der Waals surface area contributed by atoms with Gasteiger partial charge in [-0.3, -0.25) is 0 Å². The van der Waals surface area contributed by atoms with Crippen LogP contribution in [-0.2, 0) is 4.74 Å². The van der Waals surface area contributed by atoms with Crippen LogP contribution in [0.15, 0.2) is 17.6 Å². The van der Waals surface area contributed by atoms with Crippen LogP contribution >= 0.6 is 11.3 Å². The summed E-state index contributed by atoms with van der Waals surface area (Å²) >= 11 is 1.65. The lowest BCUT2D eigenvalue weighted by Crippen LogP contribution is -2.09. The van der Waals surface area contributed by atoms with Gasteiger partial charge in [0.15, 0.2) is 0 Å². The van der Waals surface area contributed by atoms with E-state index in [1.165, 1.54) is 0 Å². The smallest absolute Gasteiger partial charge is 0.223 e. The number of aromatic nitrogens is 2. The number of anilines is 1. The topological polar surface area (TPSA) is 47.0 Å². The normalized spacial score (nSPS) is 10.6. The van der Waals surface area contributed by atoms with E-state index in [0.717, 1.165) is 16.8 Å². The number of hydrogen-bond donors (Lipinski definition) is 1. The highest BCUT2D eigenvalue weighted by molar-refractivity contribution is 7.17. The van der Waals surface area contributed by atoms with Crippen molar-refractivity contribution in [2.24, 2.45) is 0 Å². The number of methoxy groups -OCH3 is 1. The highest BCUT2D eigenvalue weighted by Gasteiger charge is 1.99. The van der Waals surface area contributed by atoms with Gasteiger partial charge >= 0.3 is 0 Å². The summed E-state index contributed by atoms with van der Waals surface area (Å²) < 4.78 is 6.03. The predicted octanol–water partition coefficient (Wildman–Crippen LogP) is 1.75. The Kier molecular flexibility index (Phi) is 2.90. The second-order valence-corrected chi connectivity index (χ2v) is 3.73. The molecule has 0 radical (unpaired) electrons. The van der Waals surface area contributed by atoms with Crippen LogP contribution in [0.4, 0.5) is 5.95 Å². The van der Waals surface area contributed by atoms with Gasteiger partial charge in [-0.15, -0.1) is 11.3 Å². The second kappa shape index (κ2) is 4.34. The van der Waals surface area contributed by atoms with E-state index in [1.54, 1.807) is 18.4 Å². The third-order valence-corrected chi connectivity index (χ3v) is 2.63. The van der Waals surface area contributed by atoms with Crippen molar-refractivity contribution in [3.63, 3.8) is 0 Å². The standard InChI is InChI=1S/C9H11N3OS/c1-13-4-3-10-9-11-6-8-7(12-9)2-5-14-8/h2,5-6H,3-4H2,1H3,(H,10,11,12). The van der Waals surface area contributed by atoms with Crippen LogP contribution in [0.5, 0.6) is 0 Å². The third-order valence-electron chi connectivity index (χ3n) is 1.79. The molecule has 0 aliphatic rings. The molecular weight excluding hydrogens is 198 g/mol. The summed E-state index contributed by atoms with van der Waals surface area (Å²) in [5.74, 6) is 0.660. The molecule has 2 aromatic heterocycles. The summed E-state index contributed by atoms with van der Waals surface area (Å²) in [6.45, 7) is 1.39. The second-order valence-electron chi connectivity index (χ2n) is 2.78. The Balaban J connectivity index is 2.10. The number of fused-ring (bicyclic) bond motifs is 1. The minimum Gasteiger partial charge on any atom is -0.383 e. The van der Waals surface area contributed by atoms with Crippen molar-refractivity contribution < 1.29 is 4.74 Å². The summed E-state index contributed by atoms with van der Waals surface area (Å²) in [6.07, 6.45) is 1.84. The van der Waals surface area contributed by atoms with E-state index in [-0.39, 0.29) is 0 Å². The van der Waals surface area contributed by atoms with Gasteiger partial charge in [0, 0.05) is 13.7 Å². The molecule has 2 heterocycles. The molecule has 0 saturated heterocycles. The summed E-state index contributed by atoms with van der Waals surface area (Å²) in [5, 5.41) is 5.10. The fourth-order valence-corrected chi connectivity index (χ4v) is 1.81. The summed E-state index contributed by atoms with van der Waals surface area (Å²) in [7, 11) is 1.67. The molecule has 4 nitrogen and oxygen atoms in total. The quantitative estimate of drug-likeness (QED) is 0.779. The van der Waals surface area contributed by atoms with Crippen molar-refractivity contribution in [1.82, 2.24) is 9.97 Å². The van der Waals surface area contributed by atoms with Gasteiger partial charge in [-0.2, -0.15) is 0 Å². The number of hydrogen-bond acceptors (Lipinski definition) is 5. The number of thiophene rings is 1. The molecule has 0 aliphatic carbocycles. The van der Waals surface area contributed by atoms with Gasteiger partial charge in [0.1, 0.15) is 0 Å². The predicted molar refractivity (Wildman–Crippen MR) is 57.8 cm³/mol. The zero-order chi connectivity index (χ0) is 9.80. The van der Waals surface area contributed by atoms with E-state index < -0.39 is 0 Å². The third kappa shape index (κ3) is 2.00. The molecule has 5 heteroatoms. The minimum absolute atomic E-state index is 0.658. The monoisotopic (exact) mass is 209 g/mol. The van der Waals surface area contributed by atoms with Crippen molar-refractivity contribution in [3.05, 3.63) is 17.6 Å². The molecule has 0 saturated carbocycles. The zero-order valence-corrected chi connectivity index (χ0v) is 8.67. The van der Waals surface area contributed by atoms with E-state index >= 15 is 0 Å². The van der Waals surface area contributed by atoms with Crippen LogP contribution in [0.2, 0.25) is 0 Å². The van der Waals surface area contributed by atoms with Crippen LogP contribution in [0.3, 0.4) is 0 Å². The Bertz CT molecular complexity index is 415. The van der Waals surface area contributed by atoms with Crippen LogP contribution < -0.4 is 5.32 Å². The van der Waals surface area contributed by atoms with Crippen LogP contribution in [0, 0.1) is 0 Å². The fourth-order valence-electron chi connectivity index (χ4n) is 1.12. The Hall–Kier alpha value is -1.20. The van der Waals surface area contributed by atoms with Gasteiger partial charge in [0.05, 0.1) is 23.0 Å². The average molecular weight is 209 g/mol. The lowest BCUT2D eigenvalue weighted by atomic mass is 10.5. The SMILES string of the molecule is COCCNc1ncc2sccc2n1. The van der Waals surface area contributed by atoms with E-state index in [4.69, 9.17) is 4.74 Å². The molecule has 0 spiro atoms. The van der Waals surface area contributed by atoms with Crippen LogP contribution in [0.1, 0.15) is 0 Å². The van der Waals surface area contributed by atoms with Gasteiger partial charge < -0.3 is 10.1 Å². The van der Waals surface area contributed by atoms with E-state index in [9.17, 15) is 0 Å². The van der Waals surface area contributed by atoms with Crippen molar-refractivity contribution in [2.75, 3.05) is 25.6 Å². The molecule has 0 atom stereocenters. The van der Waals surface area contributed by atoms with Crippen LogP contribution in [-0.4, -0.2) is 30.2 Å². The van der Waals surface area contributed by atoms with Gasteiger partial charge in [-0.05, 0) is 11.4 Å². The van der Waals surface area contributed by atoms with Gasteiger partial charge in [-0.25, -0.2) is 9.97 Å². The Morgan fingerprint density at radius 3 is 3.36 bits per heavy atom. The van der Waals surface area contributed by atoms with E-state index in [1.807, 2.05) is 17.6 Å². The first kappa shape index (κ1) is 9.36. The zero-order valence-electron chi connectivity index (χ0n) is 7.86. The fraction of sp³-hybridized carbons (Fsp3) is 0.333. The maximum absolute atomic E-state index is 4.92. The lowest BCUT2D eigenvalue weighted by Gasteiger charge is -2.02. The molecule has 0 unspecified atom stereocenters. The largest absolute Gasteiger partial charge is 0.383 e. The number of nitrogens with one attached hydrogen (secondary N) is 1. The molecule has 2 aromatic rings. The molecular formula is C9H11N3OS. The van der Waals surface area contributed by atoms with Crippen LogP contribution in [0.25, 0.3) is 10.2 Å². The molecule has 0 amide bonds. The summed E-state index contributed by atoms with van der Waals surface area (Å²) in [5.41, 5.74) is 0.991. The van der Waals surface area contributed by atoms with Crippen molar-refractivity contribution >= 4 is 27.5 Å². The first-order valence-corrected chi connectivity index (χ1v) is 5.21. The van der Waals surface area contributed by atoms with Crippen molar-refractivity contribution in [3.8, 4) is 0 Å². The summed E-state index contributed by atoms with van der Waals surface area (Å²) in [6, 6.07) is 1.99. The molecule has 1 N–H and O–H groups in total. The molecule has 74 valence electrons. The number of nitrogens with zero attached hydrogens (tertiary/aromatic N) is 2. The molecule has 0 fully saturated rings. The minimum atomic E-state index is 0.658. The lowest BCUT2D eigenvalue weighted by molar-refractivity contribution is 0.210. The van der Waals surface area contributed by atoms with E-state index in [2.05, 4.69) is 15.3 Å². The molecule has 0 aromatic carbocycles. The maximum Gasteiger partial charge on any atom is 0.223 e.